The molecule has 8 heteroatoms. The number of aliphatic hydroxyl groups is 1. The number of aliphatic hydroxyl groups excluding tert-OH is 1. The normalized spacial score (nSPS) is 23.4. The number of ether oxygens (including phenoxy) is 1. The SMILES string of the molecule is CC(=O)NCC1C[C@H](c2ccc(N3CCN(CCO)CC3)c(F)c2)C(=O)O1. The average Bonchev–Trinajstić information content (AvgIpc) is 3.02. The third-order valence-electron chi connectivity index (χ3n) is 5.15. The molecule has 0 bridgehead atoms. The van der Waals surface area contributed by atoms with Gasteiger partial charge in [0.05, 0.1) is 24.8 Å². The van der Waals surface area contributed by atoms with Crippen LogP contribution in [0.2, 0.25) is 0 Å². The molecule has 7 nitrogen and oxygen atoms in total. The monoisotopic (exact) mass is 379 g/mol. The number of rotatable bonds is 6. The summed E-state index contributed by atoms with van der Waals surface area (Å²) >= 11 is 0. The fourth-order valence-electron chi connectivity index (χ4n) is 3.66. The van der Waals surface area contributed by atoms with Crippen molar-refractivity contribution in [3.8, 4) is 0 Å². The predicted octanol–water partition coefficient (Wildman–Crippen LogP) is 0.475. The van der Waals surface area contributed by atoms with Crippen molar-refractivity contribution in [2.75, 3.05) is 50.8 Å². The molecule has 0 saturated carbocycles. The molecule has 2 N–H and O–H groups in total. The first-order chi connectivity index (χ1) is 13.0. The molecular weight excluding hydrogens is 353 g/mol. The standard InChI is InChI=1S/C19H26FN3O4/c1-13(25)21-12-15-11-16(19(26)27-15)14-2-3-18(17(20)10-14)23-6-4-22(5-7-23)8-9-24/h2-3,10,15-16,24H,4-9,11-12H2,1H3,(H,21,25)/t15?,16-/m1/s1. The third-order valence-corrected chi connectivity index (χ3v) is 5.15. The van der Waals surface area contributed by atoms with E-state index >= 15 is 0 Å². The molecule has 0 radical (unpaired) electrons. The zero-order chi connectivity index (χ0) is 19.4. The van der Waals surface area contributed by atoms with Crippen LogP contribution in [-0.2, 0) is 14.3 Å². The van der Waals surface area contributed by atoms with E-state index in [0.717, 1.165) is 13.1 Å². The molecule has 2 aliphatic heterocycles. The molecule has 1 aromatic rings. The number of hydrogen-bond acceptors (Lipinski definition) is 6. The minimum Gasteiger partial charge on any atom is -0.460 e. The van der Waals surface area contributed by atoms with Crippen molar-refractivity contribution in [2.24, 2.45) is 0 Å². The molecule has 3 rings (SSSR count). The summed E-state index contributed by atoms with van der Waals surface area (Å²) in [5.74, 6) is -1.41. The van der Waals surface area contributed by atoms with Gasteiger partial charge in [-0.25, -0.2) is 4.39 Å². The Morgan fingerprint density at radius 1 is 1.33 bits per heavy atom. The number of halogens is 1. The zero-order valence-electron chi connectivity index (χ0n) is 15.5. The Bertz CT molecular complexity index is 692. The van der Waals surface area contributed by atoms with Crippen LogP contribution in [0, 0.1) is 5.82 Å². The van der Waals surface area contributed by atoms with Crippen molar-refractivity contribution in [1.29, 1.82) is 0 Å². The number of benzene rings is 1. The van der Waals surface area contributed by atoms with Gasteiger partial charge in [0.25, 0.3) is 0 Å². The number of nitrogens with one attached hydrogen (secondary N) is 1. The largest absolute Gasteiger partial charge is 0.460 e. The van der Waals surface area contributed by atoms with E-state index in [0.29, 0.717) is 37.3 Å². The van der Waals surface area contributed by atoms with Crippen LogP contribution in [0.15, 0.2) is 18.2 Å². The molecular formula is C19H26FN3O4. The van der Waals surface area contributed by atoms with Gasteiger partial charge in [0.2, 0.25) is 5.91 Å². The van der Waals surface area contributed by atoms with E-state index in [4.69, 9.17) is 9.84 Å². The highest BCUT2D eigenvalue weighted by Crippen LogP contribution is 2.33. The Kier molecular flexibility index (Phi) is 6.28. The Morgan fingerprint density at radius 2 is 2.07 bits per heavy atom. The number of carbonyl (C=O) groups excluding carboxylic acids is 2. The van der Waals surface area contributed by atoms with E-state index in [9.17, 15) is 14.0 Å². The van der Waals surface area contributed by atoms with Crippen LogP contribution >= 0.6 is 0 Å². The third kappa shape index (κ3) is 4.75. The highest BCUT2D eigenvalue weighted by Gasteiger charge is 2.36. The number of cyclic esters (lactones) is 1. The molecule has 0 aliphatic carbocycles. The van der Waals surface area contributed by atoms with Crippen molar-refractivity contribution < 1.29 is 23.8 Å². The van der Waals surface area contributed by atoms with Gasteiger partial charge in [0.1, 0.15) is 11.9 Å². The number of hydrogen-bond donors (Lipinski definition) is 2. The summed E-state index contributed by atoms with van der Waals surface area (Å²) in [4.78, 5) is 27.3. The molecule has 2 atom stereocenters. The van der Waals surface area contributed by atoms with Crippen molar-refractivity contribution in [3.05, 3.63) is 29.6 Å². The number of anilines is 1. The molecule has 1 unspecified atom stereocenters. The summed E-state index contributed by atoms with van der Waals surface area (Å²) in [6.07, 6.45) is 0.0475. The molecule has 2 aliphatic rings. The number of esters is 1. The number of amides is 1. The Hall–Kier alpha value is -2.19. The summed E-state index contributed by atoms with van der Waals surface area (Å²) in [5, 5.41) is 11.6. The number of carbonyl (C=O) groups is 2. The second kappa shape index (κ2) is 8.67. The summed E-state index contributed by atoms with van der Waals surface area (Å²) in [7, 11) is 0. The predicted molar refractivity (Wildman–Crippen MR) is 98.1 cm³/mol. The molecule has 2 saturated heterocycles. The maximum absolute atomic E-state index is 14.7. The van der Waals surface area contributed by atoms with E-state index in [-0.39, 0.29) is 36.9 Å². The van der Waals surface area contributed by atoms with Crippen molar-refractivity contribution in [2.45, 2.75) is 25.4 Å². The van der Waals surface area contributed by atoms with Crippen LogP contribution < -0.4 is 10.2 Å². The topological polar surface area (TPSA) is 82.1 Å². The van der Waals surface area contributed by atoms with Gasteiger partial charge < -0.3 is 20.1 Å². The summed E-state index contributed by atoms with van der Waals surface area (Å²) in [6, 6.07) is 4.92. The highest BCUT2D eigenvalue weighted by atomic mass is 19.1. The van der Waals surface area contributed by atoms with Crippen LogP contribution in [0.3, 0.4) is 0 Å². The Balaban J connectivity index is 1.63. The molecule has 0 spiro atoms. The number of piperazine rings is 1. The molecule has 0 aromatic heterocycles. The molecule has 2 fully saturated rings. The quantitative estimate of drug-likeness (QED) is 0.700. The lowest BCUT2D eigenvalue weighted by Crippen LogP contribution is -2.47. The van der Waals surface area contributed by atoms with Crippen LogP contribution in [-0.4, -0.2) is 73.9 Å². The van der Waals surface area contributed by atoms with E-state index in [2.05, 4.69) is 10.2 Å². The van der Waals surface area contributed by atoms with Gasteiger partial charge >= 0.3 is 5.97 Å². The molecule has 148 valence electrons. The maximum atomic E-state index is 14.7. The fraction of sp³-hybridized carbons (Fsp3) is 0.579. The van der Waals surface area contributed by atoms with Gasteiger partial charge in [-0.1, -0.05) is 6.07 Å². The minimum atomic E-state index is -0.506. The smallest absolute Gasteiger partial charge is 0.313 e. The van der Waals surface area contributed by atoms with Gasteiger partial charge in [-0.3, -0.25) is 14.5 Å². The van der Waals surface area contributed by atoms with Crippen molar-refractivity contribution >= 4 is 17.6 Å². The second-order valence-corrected chi connectivity index (χ2v) is 7.05. The van der Waals surface area contributed by atoms with E-state index in [1.165, 1.54) is 13.0 Å². The van der Waals surface area contributed by atoms with Crippen LogP contribution in [0.25, 0.3) is 0 Å². The lowest BCUT2D eigenvalue weighted by molar-refractivity contribution is -0.142. The Labute approximate surface area is 158 Å². The molecule has 1 amide bonds. The van der Waals surface area contributed by atoms with Crippen molar-refractivity contribution in [1.82, 2.24) is 10.2 Å². The minimum absolute atomic E-state index is 0.128. The molecule has 1 aromatic carbocycles. The first-order valence-corrected chi connectivity index (χ1v) is 9.30. The summed E-state index contributed by atoms with van der Waals surface area (Å²) in [6.45, 7) is 5.40. The number of nitrogens with zero attached hydrogens (tertiary/aromatic N) is 2. The molecule has 27 heavy (non-hydrogen) atoms. The number of β-amino-alcohol motifs (C(OH)–C–C–N with tert-alkyl or cyclic N) is 1. The lowest BCUT2D eigenvalue weighted by Gasteiger charge is -2.36. The lowest BCUT2D eigenvalue weighted by atomic mass is 9.95. The van der Waals surface area contributed by atoms with Crippen LogP contribution in [0.4, 0.5) is 10.1 Å². The van der Waals surface area contributed by atoms with Gasteiger partial charge in [0, 0.05) is 46.1 Å². The van der Waals surface area contributed by atoms with E-state index in [1.54, 1.807) is 12.1 Å². The van der Waals surface area contributed by atoms with Gasteiger partial charge in [0.15, 0.2) is 0 Å². The Morgan fingerprint density at radius 3 is 2.70 bits per heavy atom. The summed E-state index contributed by atoms with van der Waals surface area (Å²) < 4.78 is 20.0. The first-order valence-electron chi connectivity index (χ1n) is 9.30. The highest BCUT2D eigenvalue weighted by molar-refractivity contribution is 5.80. The van der Waals surface area contributed by atoms with Crippen LogP contribution in [0.5, 0.6) is 0 Å². The zero-order valence-corrected chi connectivity index (χ0v) is 15.5. The fourth-order valence-corrected chi connectivity index (χ4v) is 3.66. The van der Waals surface area contributed by atoms with E-state index < -0.39 is 5.92 Å². The summed E-state index contributed by atoms with van der Waals surface area (Å²) in [5.41, 5.74) is 1.13. The van der Waals surface area contributed by atoms with Gasteiger partial charge in [-0.05, 0) is 17.7 Å². The maximum Gasteiger partial charge on any atom is 0.313 e. The molecule has 2 heterocycles. The van der Waals surface area contributed by atoms with Crippen molar-refractivity contribution in [3.63, 3.8) is 0 Å². The van der Waals surface area contributed by atoms with E-state index in [1.807, 2.05) is 4.90 Å². The second-order valence-electron chi connectivity index (χ2n) is 7.05. The first kappa shape index (κ1) is 19.6. The van der Waals surface area contributed by atoms with Crippen LogP contribution in [0.1, 0.15) is 24.8 Å². The average molecular weight is 379 g/mol. The van der Waals surface area contributed by atoms with Gasteiger partial charge in [-0.2, -0.15) is 0 Å². The van der Waals surface area contributed by atoms with Gasteiger partial charge in [-0.15, -0.1) is 0 Å².